The number of nitrogens with one attached hydrogen (secondary N) is 1. The Bertz CT molecular complexity index is 819. The van der Waals surface area contributed by atoms with Crippen LogP contribution >= 0.6 is 11.6 Å². The molecular formula is C18H15ClN2O4. The Morgan fingerprint density at radius 1 is 1.16 bits per heavy atom. The van der Waals surface area contributed by atoms with Crippen molar-refractivity contribution in [1.82, 2.24) is 5.32 Å². The van der Waals surface area contributed by atoms with Crippen LogP contribution in [0.3, 0.4) is 0 Å². The summed E-state index contributed by atoms with van der Waals surface area (Å²) in [5.74, 6) is -1.04. The molecule has 1 unspecified atom stereocenters. The molecule has 1 aliphatic heterocycles. The Morgan fingerprint density at radius 2 is 1.84 bits per heavy atom. The highest BCUT2D eigenvalue weighted by Gasteiger charge is 2.38. The topological polar surface area (TPSA) is 90.6 Å². The van der Waals surface area contributed by atoms with Gasteiger partial charge in [-0.05, 0) is 17.7 Å². The van der Waals surface area contributed by atoms with Crippen molar-refractivity contribution in [2.75, 3.05) is 0 Å². The molecule has 0 saturated carbocycles. The molecule has 0 radical (unpaired) electrons. The fraction of sp³-hybridized carbons (Fsp3) is 0.111. The van der Waals surface area contributed by atoms with Gasteiger partial charge >= 0.3 is 6.09 Å². The van der Waals surface area contributed by atoms with Crippen LogP contribution in [0, 0.1) is 0 Å². The van der Waals surface area contributed by atoms with Gasteiger partial charge in [-0.1, -0.05) is 54.1 Å². The van der Waals surface area contributed by atoms with Crippen molar-refractivity contribution >= 4 is 23.5 Å². The van der Waals surface area contributed by atoms with Crippen LogP contribution in [0.1, 0.15) is 17.2 Å². The van der Waals surface area contributed by atoms with Crippen LogP contribution < -0.4 is 11.1 Å². The largest absolute Gasteiger partial charge is 0.460 e. The summed E-state index contributed by atoms with van der Waals surface area (Å²) in [5.41, 5.74) is 7.16. The molecule has 1 amide bonds. The van der Waals surface area contributed by atoms with E-state index in [1.54, 1.807) is 24.3 Å². The second-order valence-electron chi connectivity index (χ2n) is 5.34. The van der Waals surface area contributed by atoms with Gasteiger partial charge in [0.05, 0.1) is 0 Å². The number of carbonyl (C=O) groups excluding carboxylic acids is 2. The van der Waals surface area contributed by atoms with Gasteiger partial charge in [0.15, 0.2) is 6.10 Å². The van der Waals surface area contributed by atoms with E-state index in [1.165, 1.54) is 0 Å². The fourth-order valence-electron chi connectivity index (χ4n) is 2.33. The van der Waals surface area contributed by atoms with Crippen LogP contribution in [0.2, 0.25) is 5.02 Å². The summed E-state index contributed by atoms with van der Waals surface area (Å²) >= 11 is 5.83. The molecular weight excluding hydrogens is 344 g/mol. The first-order valence-electron chi connectivity index (χ1n) is 7.50. The number of halogens is 1. The summed E-state index contributed by atoms with van der Waals surface area (Å²) in [4.78, 5) is 24.3. The molecule has 1 aliphatic rings. The quantitative estimate of drug-likeness (QED) is 0.876. The van der Waals surface area contributed by atoms with Gasteiger partial charge in [-0.2, -0.15) is 0 Å². The summed E-state index contributed by atoms with van der Waals surface area (Å²) in [6.07, 6.45) is -1.73. The van der Waals surface area contributed by atoms with Crippen molar-refractivity contribution in [2.45, 2.75) is 12.6 Å². The standard InChI is InChI=1S/C18H15ClN2O4/c19-13-8-6-12(7-9-13)15-14(22)16(17(20)24-15)25-18(23)21-10-11-4-2-1-3-5-11/h1-9,15H,10,20H2,(H,21,23). The van der Waals surface area contributed by atoms with Crippen molar-refractivity contribution in [3.8, 4) is 0 Å². The van der Waals surface area contributed by atoms with E-state index in [2.05, 4.69) is 5.32 Å². The van der Waals surface area contributed by atoms with Crippen molar-refractivity contribution < 1.29 is 19.1 Å². The number of alkyl carbamates (subject to hydrolysis) is 1. The lowest BCUT2D eigenvalue weighted by atomic mass is 10.1. The normalized spacial score (nSPS) is 16.5. The second kappa shape index (κ2) is 7.27. The molecule has 2 aromatic carbocycles. The number of benzene rings is 2. The third-order valence-electron chi connectivity index (χ3n) is 3.58. The maximum atomic E-state index is 12.4. The molecule has 7 heteroatoms. The maximum absolute atomic E-state index is 12.4. The summed E-state index contributed by atoms with van der Waals surface area (Å²) < 4.78 is 10.4. The van der Waals surface area contributed by atoms with Gasteiger partial charge in [0, 0.05) is 17.1 Å². The van der Waals surface area contributed by atoms with Crippen LogP contribution in [-0.4, -0.2) is 11.9 Å². The molecule has 128 valence electrons. The molecule has 0 aliphatic carbocycles. The number of rotatable bonds is 4. The predicted molar refractivity (Wildman–Crippen MR) is 91.3 cm³/mol. The molecule has 3 N–H and O–H groups in total. The number of nitrogens with two attached hydrogens (primary N) is 1. The molecule has 0 fully saturated rings. The van der Waals surface area contributed by atoms with Gasteiger partial charge in [-0.3, -0.25) is 4.79 Å². The van der Waals surface area contributed by atoms with Gasteiger partial charge in [-0.15, -0.1) is 0 Å². The van der Waals surface area contributed by atoms with Crippen LogP contribution in [0.15, 0.2) is 66.2 Å². The minimum atomic E-state index is -0.950. The lowest BCUT2D eigenvalue weighted by Crippen LogP contribution is -2.25. The highest BCUT2D eigenvalue weighted by molar-refractivity contribution is 6.30. The SMILES string of the molecule is NC1=C(OC(=O)NCc2ccccc2)C(=O)C(c2ccc(Cl)cc2)O1. The zero-order valence-corrected chi connectivity index (χ0v) is 13.8. The van der Waals surface area contributed by atoms with E-state index in [1.807, 2.05) is 30.3 Å². The Kier molecular flexibility index (Phi) is 4.90. The summed E-state index contributed by atoms with van der Waals surface area (Å²) in [6.45, 7) is 0.266. The zero-order chi connectivity index (χ0) is 17.8. The van der Waals surface area contributed by atoms with E-state index in [-0.39, 0.29) is 18.2 Å². The summed E-state index contributed by atoms with van der Waals surface area (Å²) in [6, 6.07) is 15.9. The highest BCUT2D eigenvalue weighted by Crippen LogP contribution is 2.32. The number of hydrogen-bond donors (Lipinski definition) is 2. The van der Waals surface area contributed by atoms with Crippen molar-refractivity contribution in [2.24, 2.45) is 5.73 Å². The lowest BCUT2D eigenvalue weighted by molar-refractivity contribution is -0.123. The first-order valence-corrected chi connectivity index (χ1v) is 7.88. The smallest absolute Gasteiger partial charge is 0.413 e. The Morgan fingerprint density at radius 3 is 2.52 bits per heavy atom. The minimum Gasteiger partial charge on any atom is -0.460 e. The monoisotopic (exact) mass is 358 g/mol. The Labute approximate surface area is 149 Å². The van der Waals surface area contributed by atoms with E-state index in [0.717, 1.165) is 5.56 Å². The molecule has 0 aromatic heterocycles. The molecule has 0 bridgehead atoms. The lowest BCUT2D eigenvalue weighted by Gasteiger charge is -2.09. The average Bonchev–Trinajstić information content (AvgIpc) is 2.90. The molecule has 25 heavy (non-hydrogen) atoms. The van der Waals surface area contributed by atoms with Gasteiger partial charge in [0.1, 0.15) is 0 Å². The first kappa shape index (κ1) is 16.9. The first-order chi connectivity index (χ1) is 12.0. The van der Waals surface area contributed by atoms with Crippen molar-refractivity contribution in [3.63, 3.8) is 0 Å². The van der Waals surface area contributed by atoms with Crippen LogP contribution in [-0.2, 0) is 20.8 Å². The highest BCUT2D eigenvalue weighted by atomic mass is 35.5. The number of amides is 1. The molecule has 6 nitrogen and oxygen atoms in total. The average molecular weight is 359 g/mol. The van der Waals surface area contributed by atoms with Gasteiger partial charge in [0.25, 0.3) is 0 Å². The van der Waals surface area contributed by atoms with Crippen LogP contribution in [0.5, 0.6) is 0 Å². The Hall–Kier alpha value is -2.99. The molecule has 1 heterocycles. The van der Waals surface area contributed by atoms with Crippen LogP contribution in [0.25, 0.3) is 0 Å². The van der Waals surface area contributed by atoms with E-state index in [0.29, 0.717) is 10.6 Å². The van der Waals surface area contributed by atoms with Crippen molar-refractivity contribution in [1.29, 1.82) is 0 Å². The fourth-order valence-corrected chi connectivity index (χ4v) is 2.46. The van der Waals surface area contributed by atoms with Crippen LogP contribution in [0.4, 0.5) is 4.79 Å². The van der Waals surface area contributed by atoms with E-state index in [9.17, 15) is 9.59 Å². The van der Waals surface area contributed by atoms with E-state index < -0.39 is 18.0 Å². The number of carbonyl (C=O) groups is 2. The number of ether oxygens (including phenoxy) is 2. The summed E-state index contributed by atoms with van der Waals surface area (Å²) in [7, 11) is 0. The number of hydrogen-bond acceptors (Lipinski definition) is 5. The zero-order valence-electron chi connectivity index (χ0n) is 13.1. The molecule has 1 atom stereocenters. The van der Waals surface area contributed by atoms with Gasteiger partial charge in [0.2, 0.25) is 17.4 Å². The summed E-state index contributed by atoms with van der Waals surface area (Å²) in [5, 5.41) is 3.09. The minimum absolute atomic E-state index is 0.222. The van der Waals surface area contributed by atoms with Crippen molar-refractivity contribution in [3.05, 3.63) is 82.4 Å². The molecule has 2 aromatic rings. The van der Waals surface area contributed by atoms with E-state index in [4.69, 9.17) is 26.8 Å². The number of Topliss-reactive ketones (excluding diaryl/α,β-unsaturated/α-hetero) is 1. The second-order valence-corrected chi connectivity index (χ2v) is 5.77. The number of ketones is 1. The van der Waals surface area contributed by atoms with Gasteiger partial charge < -0.3 is 20.5 Å². The third kappa shape index (κ3) is 3.92. The molecule has 0 saturated heterocycles. The van der Waals surface area contributed by atoms with Gasteiger partial charge in [-0.25, -0.2) is 4.79 Å². The third-order valence-corrected chi connectivity index (χ3v) is 3.83. The Balaban J connectivity index is 1.62. The molecule has 3 rings (SSSR count). The van der Waals surface area contributed by atoms with E-state index >= 15 is 0 Å². The maximum Gasteiger partial charge on any atom is 0.413 e. The molecule has 0 spiro atoms. The predicted octanol–water partition coefficient (Wildman–Crippen LogP) is 3.03.